The van der Waals surface area contributed by atoms with Crippen LogP contribution in [0.2, 0.25) is 0 Å². The van der Waals surface area contributed by atoms with Crippen molar-refractivity contribution in [3.63, 3.8) is 0 Å². The van der Waals surface area contributed by atoms with Gasteiger partial charge in [0.05, 0.1) is 11.6 Å². The van der Waals surface area contributed by atoms with Gasteiger partial charge in [0.25, 0.3) is 5.91 Å². The average molecular weight is 259 g/mol. The van der Waals surface area contributed by atoms with Gasteiger partial charge in [0.15, 0.2) is 0 Å². The summed E-state index contributed by atoms with van der Waals surface area (Å²) < 4.78 is 5.54. The Morgan fingerprint density at radius 3 is 2.63 bits per heavy atom. The van der Waals surface area contributed by atoms with E-state index in [-0.39, 0.29) is 6.04 Å². The summed E-state index contributed by atoms with van der Waals surface area (Å²) in [4.78, 5) is 11.4. The molecule has 19 heavy (non-hydrogen) atoms. The number of hydrogen-bond donors (Lipinski definition) is 3. The zero-order valence-electron chi connectivity index (χ0n) is 10.9. The second kappa shape index (κ2) is 5.06. The first-order valence-corrected chi connectivity index (χ1v) is 5.99. The predicted octanol–water partition coefficient (Wildman–Crippen LogP) is 2.44. The molecule has 1 amide bonds. The van der Waals surface area contributed by atoms with E-state index in [0.717, 1.165) is 11.5 Å². The number of rotatable bonds is 4. The van der Waals surface area contributed by atoms with Gasteiger partial charge in [-0.25, -0.2) is 0 Å². The number of amides is 1. The molecule has 0 radical (unpaired) electrons. The van der Waals surface area contributed by atoms with Crippen molar-refractivity contribution in [3.8, 4) is 0 Å². The van der Waals surface area contributed by atoms with Crippen LogP contribution in [0.5, 0.6) is 0 Å². The van der Waals surface area contributed by atoms with E-state index >= 15 is 0 Å². The van der Waals surface area contributed by atoms with Gasteiger partial charge in [-0.1, -0.05) is 0 Å². The van der Waals surface area contributed by atoms with Gasteiger partial charge in [0.2, 0.25) is 0 Å². The van der Waals surface area contributed by atoms with E-state index in [0.29, 0.717) is 16.9 Å². The molecule has 100 valence electrons. The number of carbonyl (C=O) groups excluding carboxylic acids is 1. The maximum absolute atomic E-state index is 11.4. The second-order valence-corrected chi connectivity index (χ2v) is 4.48. The van der Waals surface area contributed by atoms with Crippen LogP contribution in [-0.4, -0.2) is 5.91 Å². The largest absolute Gasteiger partial charge is 0.464 e. The molecule has 1 atom stereocenters. The highest BCUT2D eigenvalue weighted by Gasteiger charge is 2.14. The van der Waals surface area contributed by atoms with Crippen molar-refractivity contribution in [1.29, 1.82) is 0 Å². The lowest BCUT2D eigenvalue weighted by Gasteiger charge is -2.15. The number of furan rings is 1. The summed E-state index contributed by atoms with van der Waals surface area (Å²) >= 11 is 0. The van der Waals surface area contributed by atoms with E-state index in [1.54, 1.807) is 18.2 Å². The van der Waals surface area contributed by atoms with Crippen LogP contribution in [-0.2, 0) is 0 Å². The van der Waals surface area contributed by atoms with Crippen LogP contribution in [0.15, 0.2) is 34.7 Å². The topological polar surface area (TPSA) is 94.3 Å². The van der Waals surface area contributed by atoms with E-state index in [4.69, 9.17) is 15.9 Å². The number of anilines is 2. The first-order chi connectivity index (χ1) is 8.97. The van der Waals surface area contributed by atoms with Gasteiger partial charge in [0.1, 0.15) is 11.5 Å². The fraction of sp³-hybridized carbons (Fsp3) is 0.214. The van der Waals surface area contributed by atoms with Crippen molar-refractivity contribution in [2.24, 2.45) is 5.73 Å². The monoisotopic (exact) mass is 259 g/mol. The lowest BCUT2D eigenvalue weighted by molar-refractivity contribution is 0.100. The highest BCUT2D eigenvalue weighted by molar-refractivity contribution is 5.99. The third-order valence-electron chi connectivity index (χ3n) is 2.87. The Kier molecular flexibility index (Phi) is 3.46. The van der Waals surface area contributed by atoms with E-state index < -0.39 is 5.91 Å². The van der Waals surface area contributed by atoms with Crippen LogP contribution in [0.1, 0.15) is 34.8 Å². The molecule has 1 unspecified atom stereocenters. The van der Waals surface area contributed by atoms with Gasteiger partial charge in [-0.3, -0.25) is 4.79 Å². The molecule has 0 aliphatic rings. The van der Waals surface area contributed by atoms with Gasteiger partial charge in [-0.15, -0.1) is 0 Å². The molecule has 2 rings (SSSR count). The smallest absolute Gasteiger partial charge is 0.250 e. The molecule has 0 bridgehead atoms. The Labute approximate surface area is 111 Å². The van der Waals surface area contributed by atoms with Crippen LogP contribution < -0.4 is 16.8 Å². The SMILES string of the molecule is Cc1ccc(C(C)Nc2ccc(N)cc2C(N)=O)o1. The zero-order valence-corrected chi connectivity index (χ0v) is 10.9. The predicted molar refractivity (Wildman–Crippen MR) is 74.9 cm³/mol. The van der Waals surface area contributed by atoms with Gasteiger partial charge >= 0.3 is 0 Å². The Morgan fingerprint density at radius 1 is 1.32 bits per heavy atom. The fourth-order valence-electron chi connectivity index (χ4n) is 1.88. The molecular weight excluding hydrogens is 242 g/mol. The summed E-state index contributed by atoms with van der Waals surface area (Å²) in [6.07, 6.45) is 0. The first-order valence-electron chi connectivity index (χ1n) is 5.99. The molecule has 0 aliphatic carbocycles. The maximum Gasteiger partial charge on any atom is 0.250 e. The van der Waals surface area contributed by atoms with Crippen molar-refractivity contribution in [2.75, 3.05) is 11.1 Å². The minimum Gasteiger partial charge on any atom is -0.464 e. The molecule has 1 aromatic carbocycles. The summed E-state index contributed by atoms with van der Waals surface area (Å²) in [6, 6.07) is 8.73. The molecule has 2 aromatic rings. The summed E-state index contributed by atoms with van der Waals surface area (Å²) in [5, 5.41) is 3.20. The van der Waals surface area contributed by atoms with Crippen LogP contribution >= 0.6 is 0 Å². The molecule has 5 heteroatoms. The minimum atomic E-state index is -0.516. The third kappa shape index (κ3) is 2.88. The minimum absolute atomic E-state index is 0.0737. The number of carbonyl (C=O) groups is 1. The number of aryl methyl sites for hydroxylation is 1. The van der Waals surface area contributed by atoms with Crippen LogP contribution in [0.3, 0.4) is 0 Å². The van der Waals surface area contributed by atoms with Gasteiger partial charge < -0.3 is 21.2 Å². The van der Waals surface area contributed by atoms with Crippen molar-refractivity contribution in [3.05, 3.63) is 47.4 Å². The highest BCUT2D eigenvalue weighted by Crippen LogP contribution is 2.25. The van der Waals surface area contributed by atoms with Crippen LogP contribution in [0.4, 0.5) is 11.4 Å². The van der Waals surface area contributed by atoms with Gasteiger partial charge in [-0.2, -0.15) is 0 Å². The Balaban J connectivity index is 2.26. The van der Waals surface area contributed by atoms with Crippen molar-refractivity contribution >= 4 is 17.3 Å². The quantitative estimate of drug-likeness (QED) is 0.735. The fourth-order valence-corrected chi connectivity index (χ4v) is 1.88. The van der Waals surface area contributed by atoms with Gasteiger partial charge in [-0.05, 0) is 44.2 Å². The molecule has 0 aliphatic heterocycles. The Morgan fingerprint density at radius 2 is 2.05 bits per heavy atom. The summed E-state index contributed by atoms with van der Waals surface area (Å²) in [5.74, 6) is 1.12. The molecule has 0 spiro atoms. The maximum atomic E-state index is 11.4. The Bertz CT molecular complexity index is 604. The normalized spacial score (nSPS) is 12.1. The third-order valence-corrected chi connectivity index (χ3v) is 2.87. The number of benzene rings is 1. The summed E-state index contributed by atoms with van der Waals surface area (Å²) in [6.45, 7) is 3.83. The average Bonchev–Trinajstić information content (AvgIpc) is 2.78. The van der Waals surface area contributed by atoms with E-state index in [1.807, 2.05) is 26.0 Å². The standard InChI is InChI=1S/C14H17N3O2/c1-8-3-6-13(19-8)9(2)17-12-5-4-10(15)7-11(12)14(16)18/h3-7,9,17H,15H2,1-2H3,(H2,16,18). The summed E-state index contributed by atoms with van der Waals surface area (Å²) in [5.41, 5.74) is 12.5. The first kappa shape index (κ1) is 13.0. The lowest BCUT2D eigenvalue weighted by Crippen LogP contribution is -2.16. The number of nitrogens with one attached hydrogen (secondary N) is 1. The van der Waals surface area contributed by atoms with E-state index in [1.165, 1.54) is 0 Å². The molecule has 5 N–H and O–H groups in total. The molecule has 0 saturated heterocycles. The molecule has 0 fully saturated rings. The van der Waals surface area contributed by atoms with Crippen molar-refractivity contribution in [2.45, 2.75) is 19.9 Å². The number of hydrogen-bond acceptors (Lipinski definition) is 4. The molecule has 0 saturated carbocycles. The second-order valence-electron chi connectivity index (χ2n) is 4.48. The highest BCUT2D eigenvalue weighted by atomic mass is 16.3. The summed E-state index contributed by atoms with van der Waals surface area (Å²) in [7, 11) is 0. The number of primary amides is 1. The van der Waals surface area contributed by atoms with E-state index in [9.17, 15) is 4.79 Å². The zero-order chi connectivity index (χ0) is 14.0. The molecule has 1 heterocycles. The Hall–Kier alpha value is -2.43. The molecule has 5 nitrogen and oxygen atoms in total. The van der Waals surface area contributed by atoms with E-state index in [2.05, 4.69) is 5.32 Å². The van der Waals surface area contributed by atoms with Gasteiger partial charge in [0, 0.05) is 11.4 Å². The van der Waals surface area contributed by atoms with Crippen molar-refractivity contribution in [1.82, 2.24) is 0 Å². The lowest BCUT2D eigenvalue weighted by atomic mass is 10.1. The van der Waals surface area contributed by atoms with Crippen LogP contribution in [0, 0.1) is 6.92 Å². The molecular formula is C14H17N3O2. The number of nitrogen functional groups attached to an aromatic ring is 1. The molecule has 1 aromatic heterocycles. The van der Waals surface area contributed by atoms with Crippen LogP contribution in [0.25, 0.3) is 0 Å². The number of nitrogens with two attached hydrogens (primary N) is 2. The van der Waals surface area contributed by atoms with Crippen molar-refractivity contribution < 1.29 is 9.21 Å².